The second-order valence-corrected chi connectivity index (χ2v) is 4.57. The van der Waals surface area contributed by atoms with Crippen molar-refractivity contribution in [2.75, 3.05) is 25.3 Å². The second kappa shape index (κ2) is 5.74. The van der Waals surface area contributed by atoms with Gasteiger partial charge in [0.05, 0.1) is 25.5 Å². The number of nitrogens with zero attached hydrogens (tertiary/aromatic N) is 1. The van der Waals surface area contributed by atoms with Crippen LogP contribution in [0, 0.1) is 13.8 Å². The average molecular weight is 290 g/mol. The Bertz CT molecular complexity index is 679. The van der Waals surface area contributed by atoms with Gasteiger partial charge in [-0.25, -0.2) is 0 Å². The molecule has 1 heterocycles. The monoisotopic (exact) mass is 290 g/mol. The summed E-state index contributed by atoms with van der Waals surface area (Å²) in [6.07, 6.45) is 0. The molecule has 0 saturated heterocycles. The lowest BCUT2D eigenvalue weighted by Crippen LogP contribution is -2.15. The lowest BCUT2D eigenvalue weighted by atomic mass is 10.1. The molecule has 7 heteroatoms. The maximum atomic E-state index is 12.4. The van der Waals surface area contributed by atoms with Crippen molar-refractivity contribution in [3.8, 4) is 11.5 Å². The van der Waals surface area contributed by atoms with Crippen LogP contribution in [-0.4, -0.2) is 30.3 Å². The number of aryl methyl sites for hydroxylation is 1. The number of hydrogen-bond donors (Lipinski definition) is 3. The number of carbonyl (C=O) groups excluding carboxylic acids is 1. The summed E-state index contributed by atoms with van der Waals surface area (Å²) < 4.78 is 10.3. The zero-order chi connectivity index (χ0) is 15.6. The third-order valence-corrected chi connectivity index (χ3v) is 3.30. The van der Waals surface area contributed by atoms with E-state index in [0.717, 1.165) is 11.3 Å². The Morgan fingerprint density at radius 2 is 2.00 bits per heavy atom. The Kier molecular flexibility index (Phi) is 4.02. The molecule has 4 N–H and O–H groups in total. The number of amides is 1. The highest BCUT2D eigenvalue weighted by atomic mass is 16.5. The molecule has 0 spiro atoms. The van der Waals surface area contributed by atoms with E-state index in [0.29, 0.717) is 17.3 Å². The van der Waals surface area contributed by atoms with E-state index in [1.165, 1.54) is 14.2 Å². The lowest BCUT2D eigenvalue weighted by molar-refractivity contribution is 0.102. The summed E-state index contributed by atoms with van der Waals surface area (Å²) in [5, 5.41) is 9.56. The first kappa shape index (κ1) is 14.7. The summed E-state index contributed by atoms with van der Waals surface area (Å²) in [4.78, 5) is 12.4. The van der Waals surface area contributed by atoms with Gasteiger partial charge in [-0.05, 0) is 19.9 Å². The zero-order valence-corrected chi connectivity index (χ0v) is 12.4. The molecule has 0 bridgehead atoms. The number of nitrogens with one attached hydrogen (secondary N) is 2. The molecular weight excluding hydrogens is 272 g/mol. The number of aromatic amines is 1. The van der Waals surface area contributed by atoms with E-state index < -0.39 is 0 Å². The van der Waals surface area contributed by atoms with Gasteiger partial charge < -0.3 is 20.5 Å². The maximum absolute atomic E-state index is 12.4. The topological polar surface area (TPSA) is 102 Å². The number of nitrogen functional groups attached to an aromatic ring is 1. The van der Waals surface area contributed by atoms with Gasteiger partial charge in [0.2, 0.25) is 0 Å². The van der Waals surface area contributed by atoms with Gasteiger partial charge in [-0.3, -0.25) is 9.89 Å². The van der Waals surface area contributed by atoms with Gasteiger partial charge in [-0.2, -0.15) is 5.10 Å². The largest absolute Gasteiger partial charge is 0.497 e. The Morgan fingerprint density at radius 1 is 1.29 bits per heavy atom. The molecule has 1 aromatic carbocycles. The maximum Gasteiger partial charge on any atom is 0.259 e. The van der Waals surface area contributed by atoms with Crippen molar-refractivity contribution in [3.05, 3.63) is 29.0 Å². The van der Waals surface area contributed by atoms with Gasteiger partial charge in [0.15, 0.2) is 5.82 Å². The van der Waals surface area contributed by atoms with Crippen LogP contribution in [0.1, 0.15) is 21.6 Å². The Labute approximate surface area is 122 Å². The summed E-state index contributed by atoms with van der Waals surface area (Å²) in [6.45, 7) is 3.74. The molecule has 112 valence electrons. The van der Waals surface area contributed by atoms with Crippen molar-refractivity contribution < 1.29 is 14.3 Å². The summed E-state index contributed by atoms with van der Waals surface area (Å²) in [5.74, 6) is 0.966. The molecule has 0 radical (unpaired) electrons. The van der Waals surface area contributed by atoms with E-state index in [9.17, 15) is 4.79 Å². The van der Waals surface area contributed by atoms with Gasteiger partial charge >= 0.3 is 0 Å². The molecule has 0 atom stereocenters. The third kappa shape index (κ3) is 2.76. The van der Waals surface area contributed by atoms with E-state index in [4.69, 9.17) is 15.2 Å². The minimum absolute atomic E-state index is 0.251. The number of nitrogens with two attached hydrogens (primary N) is 1. The van der Waals surface area contributed by atoms with Crippen LogP contribution in [0.15, 0.2) is 12.1 Å². The first-order valence-electron chi connectivity index (χ1n) is 6.32. The lowest BCUT2D eigenvalue weighted by Gasteiger charge is -2.12. The van der Waals surface area contributed by atoms with Gasteiger partial charge in [0, 0.05) is 17.3 Å². The first-order chi connectivity index (χ1) is 9.97. The van der Waals surface area contributed by atoms with Gasteiger partial charge in [0.1, 0.15) is 11.5 Å². The quantitative estimate of drug-likeness (QED) is 0.746. The average Bonchev–Trinajstić information content (AvgIpc) is 2.79. The Morgan fingerprint density at radius 3 is 2.52 bits per heavy atom. The van der Waals surface area contributed by atoms with Crippen LogP contribution in [0.4, 0.5) is 11.5 Å². The van der Waals surface area contributed by atoms with E-state index in [1.807, 2.05) is 13.8 Å². The highest BCUT2D eigenvalue weighted by molar-refractivity contribution is 6.08. The van der Waals surface area contributed by atoms with Crippen LogP contribution in [0.5, 0.6) is 11.5 Å². The summed E-state index contributed by atoms with van der Waals surface area (Å²) in [7, 11) is 2.99. The first-order valence-corrected chi connectivity index (χ1v) is 6.32. The number of anilines is 2. The van der Waals surface area contributed by atoms with Gasteiger partial charge in [-0.1, -0.05) is 0 Å². The number of hydrogen-bond acceptors (Lipinski definition) is 5. The fourth-order valence-electron chi connectivity index (χ4n) is 1.86. The van der Waals surface area contributed by atoms with Crippen LogP contribution in [-0.2, 0) is 0 Å². The Hall–Kier alpha value is -2.70. The second-order valence-electron chi connectivity index (χ2n) is 4.57. The number of benzene rings is 1. The summed E-state index contributed by atoms with van der Waals surface area (Å²) in [5.41, 5.74) is 8.23. The number of aromatic nitrogens is 2. The molecule has 7 nitrogen and oxygen atoms in total. The highest BCUT2D eigenvalue weighted by Gasteiger charge is 2.18. The van der Waals surface area contributed by atoms with Crippen molar-refractivity contribution in [1.82, 2.24) is 10.2 Å². The normalized spacial score (nSPS) is 10.3. The van der Waals surface area contributed by atoms with E-state index in [1.54, 1.807) is 12.1 Å². The molecule has 0 fully saturated rings. The van der Waals surface area contributed by atoms with Crippen LogP contribution in [0.2, 0.25) is 0 Å². The number of methoxy groups -OCH3 is 2. The molecule has 0 aliphatic rings. The smallest absolute Gasteiger partial charge is 0.259 e. The highest BCUT2D eigenvalue weighted by Crippen LogP contribution is 2.31. The van der Waals surface area contributed by atoms with Gasteiger partial charge in [-0.15, -0.1) is 0 Å². The van der Waals surface area contributed by atoms with Crippen molar-refractivity contribution in [1.29, 1.82) is 0 Å². The molecular formula is C14H18N4O3. The molecule has 2 rings (SSSR count). The van der Waals surface area contributed by atoms with Crippen LogP contribution in [0.3, 0.4) is 0 Å². The van der Waals surface area contributed by atoms with Crippen LogP contribution >= 0.6 is 0 Å². The van der Waals surface area contributed by atoms with Crippen LogP contribution < -0.4 is 20.5 Å². The molecule has 1 amide bonds. The van der Waals surface area contributed by atoms with Crippen molar-refractivity contribution in [2.24, 2.45) is 0 Å². The minimum Gasteiger partial charge on any atom is -0.497 e. The third-order valence-electron chi connectivity index (χ3n) is 3.30. The van der Waals surface area contributed by atoms with Gasteiger partial charge in [0.25, 0.3) is 5.91 Å². The molecule has 2 aromatic rings. The standard InChI is InChI=1S/C14H18N4O3/c1-7-8(2)17-18-13(7)16-14(19)10-5-9(20-3)6-11(21-4)12(10)15/h5-6H,15H2,1-4H3,(H2,16,17,18,19). The fraction of sp³-hybridized carbons (Fsp3) is 0.286. The van der Waals surface area contributed by atoms with E-state index in [-0.39, 0.29) is 17.2 Å². The number of rotatable bonds is 4. The number of ether oxygens (including phenoxy) is 2. The SMILES string of the molecule is COc1cc(OC)c(N)c(C(=O)Nc2n[nH]c(C)c2C)c1. The molecule has 0 unspecified atom stereocenters. The molecule has 0 saturated carbocycles. The number of carbonyl (C=O) groups is 1. The summed E-state index contributed by atoms with van der Waals surface area (Å²) in [6, 6.07) is 3.18. The fourth-order valence-corrected chi connectivity index (χ4v) is 1.86. The van der Waals surface area contributed by atoms with Crippen LogP contribution in [0.25, 0.3) is 0 Å². The zero-order valence-electron chi connectivity index (χ0n) is 12.4. The predicted octanol–water partition coefficient (Wildman–Crippen LogP) is 1.88. The molecule has 0 aliphatic heterocycles. The molecule has 1 aromatic heterocycles. The molecule has 0 aliphatic carbocycles. The molecule has 21 heavy (non-hydrogen) atoms. The van der Waals surface area contributed by atoms with Crippen molar-refractivity contribution in [2.45, 2.75) is 13.8 Å². The van der Waals surface area contributed by atoms with Crippen molar-refractivity contribution in [3.63, 3.8) is 0 Å². The van der Waals surface area contributed by atoms with E-state index in [2.05, 4.69) is 15.5 Å². The minimum atomic E-state index is -0.376. The van der Waals surface area contributed by atoms with E-state index >= 15 is 0 Å². The Balaban J connectivity index is 2.36. The predicted molar refractivity (Wildman–Crippen MR) is 80.0 cm³/mol. The van der Waals surface area contributed by atoms with Crippen molar-refractivity contribution >= 4 is 17.4 Å². The summed E-state index contributed by atoms with van der Waals surface area (Å²) >= 11 is 0. The number of H-pyrrole nitrogens is 1.